The number of nitrogens with one attached hydrogen (secondary N) is 1. The molecule has 0 amide bonds. The predicted octanol–water partition coefficient (Wildman–Crippen LogP) is 2.01. The van der Waals surface area contributed by atoms with Crippen LogP contribution in [-0.4, -0.2) is 26.0 Å². The van der Waals surface area contributed by atoms with Gasteiger partial charge in [-0.2, -0.15) is 10.1 Å². The largest absolute Gasteiger partial charge is 0.472 e. The van der Waals surface area contributed by atoms with Crippen LogP contribution in [0.15, 0.2) is 39.9 Å². The van der Waals surface area contributed by atoms with Crippen molar-refractivity contribution < 1.29 is 8.94 Å². The summed E-state index contributed by atoms with van der Waals surface area (Å²) in [5, 5.41) is 11.5. The second kappa shape index (κ2) is 5.92. The van der Waals surface area contributed by atoms with Crippen LogP contribution in [0, 0.1) is 6.92 Å². The first kappa shape index (κ1) is 13.6. The summed E-state index contributed by atoms with van der Waals surface area (Å²) in [5.74, 6) is 1.09. The smallest absolute Gasteiger partial charge is 0.240 e. The Kier molecular flexibility index (Phi) is 3.83. The van der Waals surface area contributed by atoms with Crippen LogP contribution in [0.25, 0.3) is 11.4 Å². The number of furan rings is 1. The van der Waals surface area contributed by atoms with Crippen molar-refractivity contribution >= 4 is 0 Å². The molecule has 0 aromatic carbocycles. The van der Waals surface area contributed by atoms with Gasteiger partial charge in [0.15, 0.2) is 0 Å². The summed E-state index contributed by atoms with van der Waals surface area (Å²) in [6.07, 6.45) is 7.03. The van der Waals surface area contributed by atoms with E-state index in [0.717, 1.165) is 17.7 Å². The molecule has 0 fully saturated rings. The van der Waals surface area contributed by atoms with Gasteiger partial charge in [0.2, 0.25) is 11.7 Å². The molecular formula is C14H17N5O2. The molecule has 3 aromatic rings. The maximum absolute atomic E-state index is 5.21. The lowest BCUT2D eigenvalue weighted by molar-refractivity contribution is 0.350. The van der Waals surface area contributed by atoms with Crippen molar-refractivity contribution in [3.05, 3.63) is 42.4 Å². The minimum absolute atomic E-state index is 0.244. The van der Waals surface area contributed by atoms with Crippen LogP contribution in [0.5, 0.6) is 0 Å². The van der Waals surface area contributed by atoms with Crippen molar-refractivity contribution in [1.29, 1.82) is 0 Å². The van der Waals surface area contributed by atoms with Gasteiger partial charge < -0.3 is 14.3 Å². The van der Waals surface area contributed by atoms with E-state index in [9.17, 15) is 0 Å². The molecule has 0 radical (unpaired) electrons. The molecular weight excluding hydrogens is 270 g/mol. The summed E-state index contributed by atoms with van der Waals surface area (Å²) < 4.78 is 12.1. The first-order valence-corrected chi connectivity index (χ1v) is 6.78. The highest BCUT2D eigenvalue weighted by molar-refractivity contribution is 5.51. The van der Waals surface area contributed by atoms with Crippen molar-refractivity contribution in [3.8, 4) is 11.4 Å². The second-order valence-electron chi connectivity index (χ2n) is 5.05. The third-order valence-corrected chi connectivity index (χ3v) is 3.07. The van der Waals surface area contributed by atoms with Crippen LogP contribution in [0.4, 0.5) is 0 Å². The highest BCUT2D eigenvalue weighted by Gasteiger charge is 2.11. The van der Waals surface area contributed by atoms with Gasteiger partial charge in [-0.15, -0.1) is 0 Å². The van der Waals surface area contributed by atoms with Crippen LogP contribution in [-0.2, 0) is 13.1 Å². The lowest BCUT2D eigenvalue weighted by Gasteiger charge is -2.11. The molecule has 0 saturated heterocycles. The van der Waals surface area contributed by atoms with Crippen LogP contribution in [0.1, 0.15) is 18.4 Å². The van der Waals surface area contributed by atoms with Crippen LogP contribution >= 0.6 is 0 Å². The molecule has 0 aliphatic heterocycles. The molecule has 3 heterocycles. The van der Waals surface area contributed by atoms with Gasteiger partial charge in [-0.1, -0.05) is 5.16 Å². The van der Waals surface area contributed by atoms with Gasteiger partial charge in [0.05, 0.1) is 31.1 Å². The summed E-state index contributed by atoms with van der Waals surface area (Å²) in [6, 6.07) is 2.04. The quantitative estimate of drug-likeness (QED) is 0.747. The molecule has 0 aliphatic rings. The van der Waals surface area contributed by atoms with Crippen LogP contribution in [0.3, 0.4) is 0 Å². The van der Waals surface area contributed by atoms with Gasteiger partial charge in [0, 0.05) is 12.2 Å². The number of rotatable bonds is 6. The van der Waals surface area contributed by atoms with E-state index in [1.807, 2.05) is 24.0 Å². The third kappa shape index (κ3) is 3.38. The average Bonchev–Trinajstić information content (AvgIpc) is 3.17. The summed E-state index contributed by atoms with van der Waals surface area (Å²) in [4.78, 5) is 4.31. The van der Waals surface area contributed by atoms with Gasteiger partial charge in [0.25, 0.3) is 0 Å². The zero-order valence-corrected chi connectivity index (χ0v) is 12.0. The Bertz CT molecular complexity index is 686. The molecule has 7 heteroatoms. The highest BCUT2D eigenvalue weighted by atomic mass is 16.5. The van der Waals surface area contributed by atoms with E-state index in [1.165, 1.54) is 0 Å². The highest BCUT2D eigenvalue weighted by Crippen LogP contribution is 2.15. The molecule has 3 aromatic heterocycles. The SMILES string of the molecule is Cc1cnn(C[C@@H](C)NCc2nc(-c3ccoc3)no2)c1. The summed E-state index contributed by atoms with van der Waals surface area (Å²) in [7, 11) is 0. The van der Waals surface area contributed by atoms with Crippen molar-refractivity contribution in [2.24, 2.45) is 0 Å². The van der Waals surface area contributed by atoms with Gasteiger partial charge in [0.1, 0.15) is 6.26 Å². The summed E-state index contributed by atoms with van der Waals surface area (Å²) in [6.45, 7) is 5.42. The Morgan fingerprint density at radius 3 is 3.05 bits per heavy atom. The molecule has 110 valence electrons. The second-order valence-corrected chi connectivity index (χ2v) is 5.05. The number of aromatic nitrogens is 4. The number of nitrogens with zero attached hydrogens (tertiary/aromatic N) is 4. The monoisotopic (exact) mass is 287 g/mol. The zero-order chi connectivity index (χ0) is 14.7. The molecule has 0 bridgehead atoms. The topological polar surface area (TPSA) is 81.9 Å². The minimum atomic E-state index is 0.244. The fourth-order valence-electron chi connectivity index (χ4n) is 2.01. The van der Waals surface area contributed by atoms with E-state index >= 15 is 0 Å². The lowest BCUT2D eigenvalue weighted by atomic mass is 10.3. The Morgan fingerprint density at radius 2 is 2.33 bits per heavy atom. The molecule has 7 nitrogen and oxygen atoms in total. The number of hydrogen-bond donors (Lipinski definition) is 1. The van der Waals surface area contributed by atoms with Gasteiger partial charge in [-0.25, -0.2) is 0 Å². The molecule has 0 unspecified atom stereocenters. The maximum Gasteiger partial charge on any atom is 0.240 e. The number of aryl methyl sites for hydroxylation is 1. The molecule has 0 saturated carbocycles. The first-order valence-electron chi connectivity index (χ1n) is 6.78. The molecule has 0 aliphatic carbocycles. The predicted molar refractivity (Wildman–Crippen MR) is 75.3 cm³/mol. The lowest BCUT2D eigenvalue weighted by Crippen LogP contribution is -2.30. The minimum Gasteiger partial charge on any atom is -0.472 e. The number of hydrogen-bond acceptors (Lipinski definition) is 6. The van der Waals surface area contributed by atoms with Crippen molar-refractivity contribution in [3.63, 3.8) is 0 Å². The Balaban J connectivity index is 1.53. The van der Waals surface area contributed by atoms with Crippen LogP contribution < -0.4 is 5.32 Å². The van der Waals surface area contributed by atoms with Crippen molar-refractivity contribution in [1.82, 2.24) is 25.2 Å². The summed E-state index contributed by atoms with van der Waals surface area (Å²) >= 11 is 0. The van der Waals surface area contributed by atoms with E-state index < -0.39 is 0 Å². The molecule has 3 rings (SSSR count). The average molecular weight is 287 g/mol. The third-order valence-electron chi connectivity index (χ3n) is 3.07. The Morgan fingerprint density at radius 1 is 1.43 bits per heavy atom. The molecule has 1 N–H and O–H groups in total. The maximum atomic E-state index is 5.21. The fourth-order valence-corrected chi connectivity index (χ4v) is 2.01. The fraction of sp³-hybridized carbons (Fsp3) is 0.357. The van der Waals surface area contributed by atoms with E-state index in [2.05, 4.69) is 27.5 Å². The van der Waals surface area contributed by atoms with Gasteiger partial charge in [-0.05, 0) is 25.5 Å². The van der Waals surface area contributed by atoms with Crippen molar-refractivity contribution in [2.75, 3.05) is 0 Å². The normalized spacial score (nSPS) is 12.7. The van der Waals surface area contributed by atoms with E-state index in [-0.39, 0.29) is 6.04 Å². The molecule has 1 atom stereocenters. The molecule has 0 spiro atoms. The van der Waals surface area contributed by atoms with E-state index in [0.29, 0.717) is 18.3 Å². The Hall–Kier alpha value is -2.41. The summed E-state index contributed by atoms with van der Waals surface area (Å²) in [5.41, 5.74) is 1.97. The zero-order valence-electron chi connectivity index (χ0n) is 12.0. The van der Waals surface area contributed by atoms with Gasteiger partial charge in [-0.3, -0.25) is 4.68 Å². The standard InChI is InChI=1S/C14H17N5O2/c1-10-5-16-19(7-10)8-11(2)15-6-13-17-14(18-21-13)12-3-4-20-9-12/h3-5,7,9,11,15H,6,8H2,1-2H3/t11-/m1/s1. The van der Waals surface area contributed by atoms with Crippen molar-refractivity contribution in [2.45, 2.75) is 33.0 Å². The van der Waals surface area contributed by atoms with E-state index in [4.69, 9.17) is 8.94 Å². The van der Waals surface area contributed by atoms with Gasteiger partial charge >= 0.3 is 0 Å². The molecule has 21 heavy (non-hydrogen) atoms. The Labute approximate surface area is 122 Å². The first-order chi connectivity index (χ1) is 10.2. The van der Waals surface area contributed by atoms with E-state index in [1.54, 1.807) is 18.6 Å². The van der Waals surface area contributed by atoms with Crippen LogP contribution in [0.2, 0.25) is 0 Å².